The molecule has 2 heteroatoms. The molecule has 1 aliphatic rings. The lowest BCUT2D eigenvalue weighted by atomic mass is 10.1. The fraction of sp³-hybridized carbons (Fsp3) is 0.500. The van der Waals surface area contributed by atoms with Crippen LogP contribution in [-0.4, -0.2) is 18.5 Å². The van der Waals surface area contributed by atoms with Crippen molar-refractivity contribution >= 4 is 5.78 Å². The molecule has 0 aromatic heterocycles. The van der Waals surface area contributed by atoms with Crippen molar-refractivity contribution in [1.82, 2.24) is 0 Å². The fourth-order valence-electron chi connectivity index (χ4n) is 1.59. The maximum Gasteiger partial charge on any atom is 0.191 e. The maximum absolute atomic E-state index is 12.0. The van der Waals surface area contributed by atoms with Crippen molar-refractivity contribution in [2.75, 3.05) is 6.61 Å². The molecule has 0 heterocycles. The largest absolute Gasteiger partial charge is 0.370 e. The van der Waals surface area contributed by atoms with Crippen molar-refractivity contribution in [3.8, 4) is 0 Å². The number of Topliss-reactive ketones (excluding diaryl/α,β-unsaturated/α-hetero) is 1. The van der Waals surface area contributed by atoms with E-state index in [4.69, 9.17) is 4.74 Å². The van der Waals surface area contributed by atoms with Gasteiger partial charge in [-0.15, -0.1) is 0 Å². The van der Waals surface area contributed by atoms with Crippen LogP contribution in [0.1, 0.15) is 35.7 Å². The summed E-state index contributed by atoms with van der Waals surface area (Å²) in [5.74, 6) is 0.786. The molecule has 1 saturated carbocycles. The predicted molar refractivity (Wildman–Crippen MR) is 63.6 cm³/mol. The normalized spacial score (nSPS) is 17.1. The van der Waals surface area contributed by atoms with E-state index in [0.717, 1.165) is 12.2 Å². The zero-order chi connectivity index (χ0) is 11.5. The number of ketones is 1. The molecule has 0 N–H and O–H groups in total. The number of rotatable bonds is 5. The summed E-state index contributed by atoms with van der Waals surface area (Å²) in [4.78, 5) is 12.0. The number of benzene rings is 1. The van der Waals surface area contributed by atoms with Gasteiger partial charge in [0.1, 0.15) is 6.10 Å². The second-order valence-electron chi connectivity index (χ2n) is 4.65. The first-order chi connectivity index (χ1) is 7.66. The van der Waals surface area contributed by atoms with Gasteiger partial charge in [-0.3, -0.25) is 4.79 Å². The molecule has 0 aliphatic heterocycles. The molecule has 2 rings (SSSR count). The summed E-state index contributed by atoms with van der Waals surface area (Å²) < 4.78 is 5.56. The first-order valence-corrected chi connectivity index (χ1v) is 5.89. The van der Waals surface area contributed by atoms with Crippen LogP contribution in [0.25, 0.3) is 0 Å². The van der Waals surface area contributed by atoms with E-state index in [2.05, 4.69) is 0 Å². The third kappa shape index (κ3) is 2.92. The van der Waals surface area contributed by atoms with E-state index >= 15 is 0 Å². The molecule has 1 atom stereocenters. The van der Waals surface area contributed by atoms with Gasteiger partial charge >= 0.3 is 0 Å². The van der Waals surface area contributed by atoms with Gasteiger partial charge in [0.25, 0.3) is 0 Å². The average Bonchev–Trinajstić information content (AvgIpc) is 3.10. The summed E-state index contributed by atoms with van der Waals surface area (Å²) in [6.07, 6.45) is 2.19. The first kappa shape index (κ1) is 11.3. The number of carbonyl (C=O) groups excluding carboxylic acids is 1. The molecule has 1 aliphatic carbocycles. The van der Waals surface area contributed by atoms with Gasteiger partial charge in [0, 0.05) is 5.56 Å². The number of hydrogen-bond donors (Lipinski definition) is 0. The molecule has 86 valence electrons. The van der Waals surface area contributed by atoms with Gasteiger partial charge in [0.15, 0.2) is 5.78 Å². The molecule has 0 amide bonds. The minimum absolute atomic E-state index is 0.0839. The van der Waals surface area contributed by atoms with Crippen LogP contribution in [0, 0.1) is 12.8 Å². The Balaban J connectivity index is 1.91. The molecule has 0 radical (unpaired) electrons. The molecule has 0 bridgehead atoms. The Labute approximate surface area is 96.6 Å². The van der Waals surface area contributed by atoms with Crippen molar-refractivity contribution in [2.24, 2.45) is 5.92 Å². The quantitative estimate of drug-likeness (QED) is 0.710. The Morgan fingerprint density at radius 1 is 1.38 bits per heavy atom. The van der Waals surface area contributed by atoms with Crippen molar-refractivity contribution < 1.29 is 9.53 Å². The number of ether oxygens (including phenoxy) is 1. The fourth-order valence-corrected chi connectivity index (χ4v) is 1.59. The standard InChI is InChI=1S/C14H18O2/c1-10-3-7-13(8-4-10)14(15)11(2)16-9-12-5-6-12/h3-4,7-8,11-12H,5-6,9H2,1-2H3. The summed E-state index contributed by atoms with van der Waals surface area (Å²) in [5, 5.41) is 0. The highest BCUT2D eigenvalue weighted by molar-refractivity contribution is 5.99. The van der Waals surface area contributed by atoms with Gasteiger partial charge in [0.05, 0.1) is 6.61 Å². The summed E-state index contributed by atoms with van der Waals surface area (Å²) >= 11 is 0. The smallest absolute Gasteiger partial charge is 0.191 e. The lowest BCUT2D eigenvalue weighted by Crippen LogP contribution is -2.21. The average molecular weight is 218 g/mol. The minimum atomic E-state index is -0.316. The number of aryl methyl sites for hydroxylation is 1. The van der Waals surface area contributed by atoms with Crippen molar-refractivity contribution in [2.45, 2.75) is 32.8 Å². The Bertz CT molecular complexity index is 363. The molecular formula is C14H18O2. The van der Waals surface area contributed by atoms with Crippen LogP contribution >= 0.6 is 0 Å². The second-order valence-corrected chi connectivity index (χ2v) is 4.65. The van der Waals surface area contributed by atoms with E-state index in [-0.39, 0.29) is 11.9 Å². The lowest BCUT2D eigenvalue weighted by molar-refractivity contribution is 0.0441. The Morgan fingerprint density at radius 3 is 2.56 bits per heavy atom. The molecule has 0 spiro atoms. The Morgan fingerprint density at radius 2 is 2.00 bits per heavy atom. The molecule has 2 nitrogen and oxygen atoms in total. The molecular weight excluding hydrogens is 200 g/mol. The number of hydrogen-bond acceptors (Lipinski definition) is 2. The second kappa shape index (κ2) is 4.79. The van der Waals surface area contributed by atoms with E-state index < -0.39 is 0 Å². The van der Waals surface area contributed by atoms with Crippen LogP contribution in [0.5, 0.6) is 0 Å². The summed E-state index contributed by atoms with van der Waals surface area (Å²) in [6.45, 7) is 4.59. The van der Waals surface area contributed by atoms with Gasteiger partial charge in [-0.25, -0.2) is 0 Å². The Hall–Kier alpha value is -1.15. The Kier molecular flexibility index (Phi) is 3.39. The zero-order valence-electron chi connectivity index (χ0n) is 9.90. The van der Waals surface area contributed by atoms with Crippen molar-refractivity contribution in [3.05, 3.63) is 35.4 Å². The summed E-state index contributed by atoms with van der Waals surface area (Å²) in [7, 11) is 0. The van der Waals surface area contributed by atoms with Crippen LogP contribution in [0.15, 0.2) is 24.3 Å². The zero-order valence-corrected chi connectivity index (χ0v) is 9.90. The van der Waals surface area contributed by atoms with Crippen LogP contribution in [0.3, 0.4) is 0 Å². The van der Waals surface area contributed by atoms with E-state index in [1.165, 1.54) is 18.4 Å². The predicted octanol–water partition coefficient (Wildman–Crippen LogP) is 2.99. The van der Waals surface area contributed by atoms with Gasteiger partial charge in [-0.1, -0.05) is 29.8 Å². The third-order valence-corrected chi connectivity index (χ3v) is 2.98. The number of carbonyl (C=O) groups is 1. The SMILES string of the molecule is Cc1ccc(C(=O)C(C)OCC2CC2)cc1. The molecule has 1 fully saturated rings. The van der Waals surface area contributed by atoms with Gasteiger partial charge in [-0.2, -0.15) is 0 Å². The third-order valence-electron chi connectivity index (χ3n) is 2.98. The van der Waals surface area contributed by atoms with Crippen LogP contribution < -0.4 is 0 Å². The van der Waals surface area contributed by atoms with E-state index in [0.29, 0.717) is 5.92 Å². The molecule has 1 unspecified atom stereocenters. The highest BCUT2D eigenvalue weighted by atomic mass is 16.5. The van der Waals surface area contributed by atoms with E-state index in [1.807, 2.05) is 38.1 Å². The van der Waals surface area contributed by atoms with Gasteiger partial charge in [-0.05, 0) is 32.6 Å². The van der Waals surface area contributed by atoms with E-state index in [9.17, 15) is 4.79 Å². The van der Waals surface area contributed by atoms with Crippen molar-refractivity contribution in [1.29, 1.82) is 0 Å². The van der Waals surface area contributed by atoms with E-state index in [1.54, 1.807) is 0 Å². The first-order valence-electron chi connectivity index (χ1n) is 5.89. The molecule has 1 aromatic carbocycles. The minimum Gasteiger partial charge on any atom is -0.370 e. The lowest BCUT2D eigenvalue weighted by Gasteiger charge is -2.11. The molecule has 0 saturated heterocycles. The monoisotopic (exact) mass is 218 g/mol. The molecule has 1 aromatic rings. The van der Waals surface area contributed by atoms with Crippen molar-refractivity contribution in [3.63, 3.8) is 0 Å². The topological polar surface area (TPSA) is 26.3 Å². The maximum atomic E-state index is 12.0. The van der Waals surface area contributed by atoms with Gasteiger partial charge in [0.2, 0.25) is 0 Å². The van der Waals surface area contributed by atoms with Crippen LogP contribution in [0.2, 0.25) is 0 Å². The van der Waals surface area contributed by atoms with Crippen LogP contribution in [0.4, 0.5) is 0 Å². The summed E-state index contributed by atoms with van der Waals surface area (Å²) in [6, 6.07) is 7.66. The van der Waals surface area contributed by atoms with Crippen LogP contribution in [-0.2, 0) is 4.74 Å². The highest BCUT2D eigenvalue weighted by Crippen LogP contribution is 2.29. The summed E-state index contributed by atoms with van der Waals surface area (Å²) in [5.41, 5.74) is 1.91. The van der Waals surface area contributed by atoms with Gasteiger partial charge < -0.3 is 4.74 Å². The highest BCUT2D eigenvalue weighted by Gasteiger charge is 2.24. The molecule has 16 heavy (non-hydrogen) atoms.